The summed E-state index contributed by atoms with van der Waals surface area (Å²) in [5.41, 5.74) is 2.07. The zero-order valence-electron chi connectivity index (χ0n) is 10.7. The number of hydrogen-bond donors (Lipinski definition) is 1. The lowest BCUT2D eigenvalue weighted by Gasteiger charge is -2.38. The average molecular weight is 230 g/mol. The Balaban J connectivity index is 1.88. The van der Waals surface area contributed by atoms with Crippen LogP contribution in [0.5, 0.6) is 0 Å². The largest absolute Gasteiger partial charge is 0.385 e. The van der Waals surface area contributed by atoms with E-state index in [1.54, 1.807) is 0 Å². The van der Waals surface area contributed by atoms with Gasteiger partial charge in [0.2, 0.25) is 0 Å². The van der Waals surface area contributed by atoms with Gasteiger partial charge >= 0.3 is 0 Å². The van der Waals surface area contributed by atoms with E-state index in [0.717, 1.165) is 18.8 Å². The number of rotatable bonds is 1. The van der Waals surface area contributed by atoms with Crippen molar-refractivity contribution in [2.45, 2.75) is 51.0 Å². The molecule has 1 nitrogen and oxygen atoms in total. The standard InChI is InChI=1S/C16H22O/c1-12-6-8-14(9-7-12)16(17)11-10-13-4-2-3-5-15(13)16/h2-5,12,14,17H,6-11H2,1H3. The van der Waals surface area contributed by atoms with Gasteiger partial charge in [0, 0.05) is 0 Å². The van der Waals surface area contributed by atoms with Gasteiger partial charge in [-0.05, 0) is 48.6 Å². The first-order valence-corrected chi connectivity index (χ1v) is 7.01. The molecule has 3 rings (SSSR count). The van der Waals surface area contributed by atoms with Crippen molar-refractivity contribution in [1.29, 1.82) is 0 Å². The fraction of sp³-hybridized carbons (Fsp3) is 0.625. The van der Waals surface area contributed by atoms with Crippen LogP contribution in [0.3, 0.4) is 0 Å². The molecule has 1 fully saturated rings. The van der Waals surface area contributed by atoms with Gasteiger partial charge in [0.1, 0.15) is 0 Å². The van der Waals surface area contributed by atoms with E-state index < -0.39 is 5.60 Å². The van der Waals surface area contributed by atoms with Crippen LogP contribution in [0.15, 0.2) is 24.3 Å². The van der Waals surface area contributed by atoms with E-state index in [9.17, 15) is 5.11 Å². The van der Waals surface area contributed by atoms with Crippen molar-refractivity contribution in [1.82, 2.24) is 0 Å². The van der Waals surface area contributed by atoms with Crippen LogP contribution >= 0.6 is 0 Å². The normalized spacial score (nSPS) is 36.8. The second-order valence-corrected chi connectivity index (χ2v) is 6.04. The molecule has 2 aliphatic rings. The molecule has 0 amide bonds. The highest BCUT2D eigenvalue weighted by Gasteiger charge is 2.43. The van der Waals surface area contributed by atoms with Crippen molar-refractivity contribution in [2.24, 2.45) is 11.8 Å². The van der Waals surface area contributed by atoms with E-state index in [-0.39, 0.29) is 0 Å². The molecular formula is C16H22O. The molecule has 17 heavy (non-hydrogen) atoms. The minimum absolute atomic E-state index is 0.488. The lowest BCUT2D eigenvalue weighted by atomic mass is 9.71. The van der Waals surface area contributed by atoms with Gasteiger partial charge in [-0.3, -0.25) is 0 Å². The number of benzene rings is 1. The predicted octanol–water partition coefficient (Wildman–Crippen LogP) is 3.65. The molecule has 1 N–H and O–H groups in total. The molecular weight excluding hydrogens is 208 g/mol. The van der Waals surface area contributed by atoms with Gasteiger partial charge in [-0.1, -0.05) is 44.0 Å². The third kappa shape index (κ3) is 1.81. The van der Waals surface area contributed by atoms with Gasteiger partial charge in [-0.2, -0.15) is 0 Å². The van der Waals surface area contributed by atoms with Crippen LogP contribution in [0.1, 0.15) is 50.2 Å². The highest BCUT2D eigenvalue weighted by molar-refractivity contribution is 5.37. The van der Waals surface area contributed by atoms with Crippen molar-refractivity contribution in [2.75, 3.05) is 0 Å². The molecule has 1 unspecified atom stereocenters. The summed E-state index contributed by atoms with van der Waals surface area (Å²) in [5, 5.41) is 11.1. The van der Waals surface area contributed by atoms with Crippen molar-refractivity contribution in [3.63, 3.8) is 0 Å². The second kappa shape index (κ2) is 4.13. The molecule has 2 aliphatic carbocycles. The smallest absolute Gasteiger partial charge is 0.0930 e. The number of aliphatic hydroxyl groups is 1. The SMILES string of the molecule is CC1CCC(C2(O)CCc3ccccc32)CC1. The molecule has 92 valence electrons. The first-order valence-electron chi connectivity index (χ1n) is 7.01. The minimum Gasteiger partial charge on any atom is -0.385 e. The van der Waals surface area contributed by atoms with Crippen LogP contribution in [-0.4, -0.2) is 5.11 Å². The van der Waals surface area contributed by atoms with E-state index in [1.807, 2.05) is 0 Å². The Bertz CT molecular complexity index is 404. The summed E-state index contributed by atoms with van der Waals surface area (Å²) in [6.07, 6.45) is 6.96. The molecule has 1 saturated carbocycles. The van der Waals surface area contributed by atoms with Crippen molar-refractivity contribution < 1.29 is 5.11 Å². The van der Waals surface area contributed by atoms with Crippen LogP contribution in [0, 0.1) is 11.8 Å². The van der Waals surface area contributed by atoms with Crippen LogP contribution in [0.25, 0.3) is 0 Å². The van der Waals surface area contributed by atoms with Gasteiger partial charge in [0.15, 0.2) is 0 Å². The monoisotopic (exact) mass is 230 g/mol. The van der Waals surface area contributed by atoms with E-state index in [0.29, 0.717) is 5.92 Å². The Hall–Kier alpha value is -0.820. The summed E-state index contributed by atoms with van der Waals surface area (Å²) in [4.78, 5) is 0. The average Bonchev–Trinajstić information content (AvgIpc) is 2.70. The fourth-order valence-corrected chi connectivity index (χ4v) is 3.78. The van der Waals surface area contributed by atoms with E-state index in [2.05, 4.69) is 31.2 Å². The Morgan fingerprint density at radius 3 is 2.59 bits per heavy atom. The Morgan fingerprint density at radius 1 is 1.12 bits per heavy atom. The maximum atomic E-state index is 11.1. The molecule has 0 spiro atoms. The van der Waals surface area contributed by atoms with Gasteiger partial charge in [-0.25, -0.2) is 0 Å². The Kier molecular flexibility index (Phi) is 2.74. The Morgan fingerprint density at radius 2 is 1.82 bits per heavy atom. The zero-order chi connectivity index (χ0) is 11.9. The summed E-state index contributed by atoms with van der Waals surface area (Å²) in [6, 6.07) is 8.48. The quantitative estimate of drug-likeness (QED) is 0.781. The van der Waals surface area contributed by atoms with Gasteiger partial charge in [0.05, 0.1) is 5.60 Å². The highest BCUT2D eigenvalue weighted by Crippen LogP contribution is 2.48. The Labute approximate surface area is 104 Å². The van der Waals surface area contributed by atoms with Crippen LogP contribution < -0.4 is 0 Å². The first kappa shape index (κ1) is 11.3. The summed E-state index contributed by atoms with van der Waals surface area (Å²) in [7, 11) is 0. The zero-order valence-corrected chi connectivity index (χ0v) is 10.7. The van der Waals surface area contributed by atoms with Crippen LogP contribution in [0.4, 0.5) is 0 Å². The number of aryl methyl sites for hydroxylation is 1. The van der Waals surface area contributed by atoms with Crippen LogP contribution in [0.2, 0.25) is 0 Å². The molecule has 0 bridgehead atoms. The van der Waals surface area contributed by atoms with Crippen molar-refractivity contribution in [3.05, 3.63) is 35.4 Å². The number of hydrogen-bond acceptors (Lipinski definition) is 1. The predicted molar refractivity (Wildman–Crippen MR) is 69.8 cm³/mol. The maximum Gasteiger partial charge on any atom is 0.0930 e. The summed E-state index contributed by atoms with van der Waals surface area (Å²) in [5.74, 6) is 1.34. The van der Waals surface area contributed by atoms with E-state index >= 15 is 0 Å². The van der Waals surface area contributed by atoms with Gasteiger partial charge in [-0.15, -0.1) is 0 Å². The van der Waals surface area contributed by atoms with Crippen molar-refractivity contribution in [3.8, 4) is 0 Å². The third-order valence-corrected chi connectivity index (χ3v) is 4.95. The highest BCUT2D eigenvalue weighted by atomic mass is 16.3. The topological polar surface area (TPSA) is 20.2 Å². The molecule has 0 saturated heterocycles. The minimum atomic E-state index is -0.517. The first-order chi connectivity index (χ1) is 8.20. The molecule has 1 atom stereocenters. The molecule has 0 radical (unpaired) electrons. The second-order valence-electron chi connectivity index (χ2n) is 6.04. The van der Waals surface area contributed by atoms with Crippen molar-refractivity contribution >= 4 is 0 Å². The molecule has 0 aromatic heterocycles. The lowest BCUT2D eigenvalue weighted by molar-refractivity contribution is -0.0414. The third-order valence-electron chi connectivity index (χ3n) is 4.95. The lowest BCUT2D eigenvalue weighted by Crippen LogP contribution is -2.35. The van der Waals surface area contributed by atoms with Crippen LogP contribution in [-0.2, 0) is 12.0 Å². The molecule has 1 aromatic rings. The maximum absolute atomic E-state index is 11.1. The molecule has 1 heteroatoms. The molecule has 1 aromatic carbocycles. The van der Waals surface area contributed by atoms with Gasteiger partial charge < -0.3 is 5.11 Å². The van der Waals surface area contributed by atoms with E-state index in [4.69, 9.17) is 0 Å². The summed E-state index contributed by atoms with van der Waals surface area (Å²) < 4.78 is 0. The fourth-order valence-electron chi connectivity index (χ4n) is 3.78. The molecule has 0 aliphatic heterocycles. The van der Waals surface area contributed by atoms with E-state index in [1.165, 1.54) is 36.8 Å². The number of fused-ring (bicyclic) bond motifs is 1. The van der Waals surface area contributed by atoms with Gasteiger partial charge in [0.25, 0.3) is 0 Å². The summed E-state index contributed by atoms with van der Waals surface area (Å²) >= 11 is 0. The summed E-state index contributed by atoms with van der Waals surface area (Å²) in [6.45, 7) is 2.34. The molecule has 0 heterocycles.